The van der Waals surface area contributed by atoms with Gasteiger partial charge in [0.25, 0.3) is 0 Å². The Morgan fingerprint density at radius 1 is 1.04 bits per heavy atom. The highest BCUT2D eigenvalue weighted by Gasteiger charge is 2.11. The van der Waals surface area contributed by atoms with E-state index in [1.54, 1.807) is 24.3 Å². The Bertz CT molecular complexity index is 660. The molecule has 0 atom stereocenters. The van der Waals surface area contributed by atoms with Crippen molar-refractivity contribution in [1.29, 1.82) is 0 Å². The summed E-state index contributed by atoms with van der Waals surface area (Å²) in [6, 6.07) is 9.68. The molecule has 122 valence electrons. The highest BCUT2D eigenvalue weighted by Crippen LogP contribution is 2.25. The molecule has 0 spiro atoms. The molecule has 0 saturated carbocycles. The number of carbonyl (C=O) groups is 1. The molecule has 2 N–H and O–H groups in total. The van der Waals surface area contributed by atoms with Crippen LogP contribution in [0.2, 0.25) is 0 Å². The summed E-state index contributed by atoms with van der Waals surface area (Å²) in [7, 11) is 1.52. The van der Waals surface area contributed by atoms with Crippen LogP contribution in [-0.4, -0.2) is 26.3 Å². The number of hydrogen-bond acceptors (Lipinski definition) is 3. The minimum absolute atomic E-state index is 0.153. The van der Waals surface area contributed by atoms with Gasteiger partial charge in [0.2, 0.25) is 0 Å². The maximum atomic E-state index is 13.4. The number of benzene rings is 2. The molecule has 0 aliphatic rings. The van der Waals surface area contributed by atoms with Gasteiger partial charge in [-0.25, -0.2) is 13.6 Å². The molecule has 5 nitrogen and oxygen atoms in total. The van der Waals surface area contributed by atoms with Gasteiger partial charge in [0, 0.05) is 0 Å². The van der Waals surface area contributed by atoms with Crippen LogP contribution < -0.4 is 20.1 Å². The molecule has 0 bridgehead atoms. The SMILES string of the molecule is COc1ccccc1OCCNC(=O)Nc1c(F)cccc1F. The Morgan fingerprint density at radius 3 is 2.35 bits per heavy atom. The highest BCUT2D eigenvalue weighted by atomic mass is 19.1. The molecule has 0 aromatic heterocycles. The Balaban J connectivity index is 1.79. The summed E-state index contributed by atoms with van der Waals surface area (Å²) in [5, 5.41) is 4.56. The molecule has 0 fully saturated rings. The number of ether oxygens (including phenoxy) is 2. The molecule has 2 aromatic carbocycles. The molecular formula is C16H16F2N2O3. The summed E-state index contributed by atoms with van der Waals surface area (Å²) in [6.45, 7) is 0.327. The van der Waals surface area contributed by atoms with Gasteiger partial charge in [-0.05, 0) is 24.3 Å². The summed E-state index contributed by atoms with van der Waals surface area (Å²) in [5.74, 6) is -0.571. The van der Waals surface area contributed by atoms with Crippen LogP contribution in [0.25, 0.3) is 0 Å². The molecule has 2 amide bonds. The number of hydrogen-bond donors (Lipinski definition) is 2. The van der Waals surface area contributed by atoms with Gasteiger partial charge in [-0.1, -0.05) is 18.2 Å². The number of anilines is 1. The number of halogens is 2. The van der Waals surface area contributed by atoms with E-state index in [9.17, 15) is 13.6 Å². The molecule has 23 heavy (non-hydrogen) atoms. The van der Waals surface area contributed by atoms with Crippen molar-refractivity contribution in [2.45, 2.75) is 0 Å². The van der Waals surface area contributed by atoms with Crippen molar-refractivity contribution in [3.8, 4) is 11.5 Å². The van der Waals surface area contributed by atoms with Crippen molar-refractivity contribution in [2.24, 2.45) is 0 Å². The van der Waals surface area contributed by atoms with E-state index in [0.29, 0.717) is 11.5 Å². The molecule has 0 heterocycles. The van der Waals surface area contributed by atoms with Gasteiger partial charge in [0.1, 0.15) is 23.9 Å². The third-order valence-corrected chi connectivity index (χ3v) is 2.92. The fraction of sp³-hybridized carbons (Fsp3) is 0.188. The number of para-hydroxylation sites is 3. The summed E-state index contributed by atoms with van der Waals surface area (Å²) in [5.41, 5.74) is -0.490. The Labute approximate surface area is 132 Å². The minimum atomic E-state index is -0.842. The van der Waals surface area contributed by atoms with Crippen LogP contribution in [0.4, 0.5) is 19.3 Å². The predicted molar refractivity (Wildman–Crippen MR) is 81.9 cm³/mol. The Hall–Kier alpha value is -2.83. The van der Waals surface area contributed by atoms with Crippen LogP contribution >= 0.6 is 0 Å². The molecule has 0 radical (unpaired) electrons. The van der Waals surface area contributed by atoms with Gasteiger partial charge in [-0.3, -0.25) is 0 Å². The molecule has 2 aromatic rings. The standard InChI is InChI=1S/C16H16F2N2O3/c1-22-13-7-2-3-8-14(13)23-10-9-19-16(21)20-15-11(17)5-4-6-12(15)18/h2-8H,9-10H2,1H3,(H2,19,20,21). The first-order valence-corrected chi connectivity index (χ1v) is 6.86. The summed E-state index contributed by atoms with van der Waals surface area (Å²) >= 11 is 0. The number of nitrogens with one attached hydrogen (secondary N) is 2. The maximum absolute atomic E-state index is 13.4. The van der Waals surface area contributed by atoms with Gasteiger partial charge < -0.3 is 20.1 Å². The maximum Gasteiger partial charge on any atom is 0.319 e. The van der Waals surface area contributed by atoms with Crippen LogP contribution in [0.1, 0.15) is 0 Å². The third kappa shape index (κ3) is 4.57. The van der Waals surface area contributed by atoms with Crippen molar-refractivity contribution in [2.75, 3.05) is 25.6 Å². The van der Waals surface area contributed by atoms with Gasteiger partial charge in [0.15, 0.2) is 11.5 Å². The molecule has 7 heteroatoms. The van der Waals surface area contributed by atoms with E-state index in [4.69, 9.17) is 9.47 Å². The van der Waals surface area contributed by atoms with Gasteiger partial charge in [-0.15, -0.1) is 0 Å². The Morgan fingerprint density at radius 2 is 1.70 bits per heavy atom. The second-order valence-electron chi connectivity index (χ2n) is 4.48. The molecule has 0 unspecified atom stereocenters. The fourth-order valence-corrected chi connectivity index (χ4v) is 1.84. The highest BCUT2D eigenvalue weighted by molar-refractivity contribution is 5.89. The van der Waals surface area contributed by atoms with Gasteiger partial charge >= 0.3 is 6.03 Å². The van der Waals surface area contributed by atoms with E-state index in [2.05, 4.69) is 10.6 Å². The van der Waals surface area contributed by atoms with Crippen molar-refractivity contribution in [3.63, 3.8) is 0 Å². The van der Waals surface area contributed by atoms with Crippen molar-refractivity contribution < 1.29 is 23.0 Å². The van der Waals surface area contributed by atoms with Crippen LogP contribution in [0.3, 0.4) is 0 Å². The van der Waals surface area contributed by atoms with Crippen LogP contribution in [0, 0.1) is 11.6 Å². The van der Waals surface area contributed by atoms with E-state index in [1.165, 1.54) is 13.2 Å². The van der Waals surface area contributed by atoms with Crippen molar-refractivity contribution in [3.05, 3.63) is 54.1 Å². The number of amides is 2. The lowest BCUT2D eigenvalue weighted by Gasteiger charge is -2.11. The van der Waals surface area contributed by atoms with E-state index in [0.717, 1.165) is 12.1 Å². The zero-order chi connectivity index (χ0) is 16.7. The van der Waals surface area contributed by atoms with Crippen LogP contribution in [0.5, 0.6) is 11.5 Å². The molecular weight excluding hydrogens is 306 g/mol. The van der Waals surface area contributed by atoms with E-state index in [-0.39, 0.29) is 13.2 Å². The first-order chi connectivity index (χ1) is 11.1. The topological polar surface area (TPSA) is 59.6 Å². The first kappa shape index (κ1) is 16.5. The lowest BCUT2D eigenvalue weighted by molar-refractivity contribution is 0.246. The molecule has 2 rings (SSSR count). The zero-order valence-corrected chi connectivity index (χ0v) is 12.4. The van der Waals surface area contributed by atoms with E-state index in [1.807, 2.05) is 0 Å². The third-order valence-electron chi connectivity index (χ3n) is 2.92. The summed E-state index contributed by atoms with van der Waals surface area (Å²) in [4.78, 5) is 11.6. The van der Waals surface area contributed by atoms with Crippen molar-refractivity contribution in [1.82, 2.24) is 5.32 Å². The number of carbonyl (C=O) groups excluding carboxylic acids is 1. The molecule has 0 aliphatic carbocycles. The average Bonchev–Trinajstić information content (AvgIpc) is 2.55. The predicted octanol–water partition coefficient (Wildman–Crippen LogP) is 3.17. The number of rotatable bonds is 6. The molecule has 0 aliphatic heterocycles. The van der Waals surface area contributed by atoms with E-state index >= 15 is 0 Å². The lowest BCUT2D eigenvalue weighted by Crippen LogP contribution is -2.32. The average molecular weight is 322 g/mol. The van der Waals surface area contributed by atoms with Gasteiger partial charge in [0.05, 0.1) is 13.7 Å². The zero-order valence-electron chi connectivity index (χ0n) is 12.4. The fourth-order valence-electron chi connectivity index (χ4n) is 1.84. The summed E-state index contributed by atoms with van der Waals surface area (Å²) < 4.78 is 37.3. The normalized spacial score (nSPS) is 10.0. The number of methoxy groups -OCH3 is 1. The Kier molecular flexibility index (Phi) is 5.74. The molecule has 0 saturated heterocycles. The second-order valence-corrected chi connectivity index (χ2v) is 4.48. The minimum Gasteiger partial charge on any atom is -0.493 e. The largest absolute Gasteiger partial charge is 0.493 e. The van der Waals surface area contributed by atoms with Crippen LogP contribution in [-0.2, 0) is 0 Å². The number of urea groups is 1. The van der Waals surface area contributed by atoms with Crippen LogP contribution in [0.15, 0.2) is 42.5 Å². The lowest BCUT2D eigenvalue weighted by atomic mass is 10.3. The smallest absolute Gasteiger partial charge is 0.319 e. The monoisotopic (exact) mass is 322 g/mol. The second kappa shape index (κ2) is 7.98. The van der Waals surface area contributed by atoms with Gasteiger partial charge in [-0.2, -0.15) is 0 Å². The first-order valence-electron chi connectivity index (χ1n) is 6.86. The van der Waals surface area contributed by atoms with E-state index < -0.39 is 23.4 Å². The van der Waals surface area contributed by atoms with Crippen molar-refractivity contribution >= 4 is 11.7 Å². The quantitative estimate of drug-likeness (QED) is 0.803. The summed E-state index contributed by atoms with van der Waals surface area (Å²) in [6.07, 6.45) is 0.